The van der Waals surface area contributed by atoms with Crippen molar-refractivity contribution in [2.75, 3.05) is 13.2 Å². The molecule has 0 radical (unpaired) electrons. The summed E-state index contributed by atoms with van der Waals surface area (Å²) in [5.41, 5.74) is 0. The summed E-state index contributed by atoms with van der Waals surface area (Å²) in [6.07, 6.45) is 0.541. The summed E-state index contributed by atoms with van der Waals surface area (Å²) in [6, 6.07) is 0.960. The summed E-state index contributed by atoms with van der Waals surface area (Å²) < 4.78 is 18.3. The van der Waals surface area contributed by atoms with E-state index >= 15 is 0 Å². The van der Waals surface area contributed by atoms with Crippen LogP contribution in [0.1, 0.15) is 13.3 Å². The molecule has 20 heavy (non-hydrogen) atoms. The number of hydrogen-bond acceptors (Lipinski definition) is 4. The first kappa shape index (κ1) is 20.5. The van der Waals surface area contributed by atoms with Gasteiger partial charge < -0.3 is 18.1 Å². The molecule has 1 atom stereocenters. The van der Waals surface area contributed by atoms with E-state index in [4.69, 9.17) is 18.1 Å². The maximum absolute atomic E-state index is 9.16. The molecule has 0 aromatic rings. The van der Waals surface area contributed by atoms with Gasteiger partial charge in [0.1, 0.15) is 0 Å². The van der Waals surface area contributed by atoms with Crippen LogP contribution < -0.4 is 0 Å². The van der Waals surface area contributed by atoms with Crippen LogP contribution in [0.5, 0.6) is 0 Å². The van der Waals surface area contributed by atoms with Crippen molar-refractivity contribution in [3.63, 3.8) is 0 Å². The molecule has 4 nitrogen and oxygen atoms in total. The van der Waals surface area contributed by atoms with E-state index in [-0.39, 0.29) is 0 Å². The lowest BCUT2D eigenvalue weighted by atomic mass is 10.4. The summed E-state index contributed by atoms with van der Waals surface area (Å²) >= 11 is 0. The molecular weight excluding hydrogens is 304 g/mol. The molecule has 0 spiro atoms. The standard InChI is InChI=1S/C13H34O4Si3/c1-13(14)12-15-10-9-11-20(8,16-18(2,3)4)17-19(5,6)7/h13-14H,9-12H2,1-8H3. The largest absolute Gasteiger partial charge is 0.437 e. The molecule has 0 saturated heterocycles. The molecular formula is C13H34O4Si3. The van der Waals surface area contributed by atoms with E-state index in [0.717, 1.165) is 12.5 Å². The maximum atomic E-state index is 9.16. The minimum Gasteiger partial charge on any atom is -0.437 e. The van der Waals surface area contributed by atoms with Crippen molar-refractivity contribution in [3.8, 4) is 0 Å². The van der Waals surface area contributed by atoms with Crippen molar-refractivity contribution in [2.45, 2.75) is 71.3 Å². The van der Waals surface area contributed by atoms with Crippen molar-refractivity contribution in [1.29, 1.82) is 0 Å². The topological polar surface area (TPSA) is 47.9 Å². The van der Waals surface area contributed by atoms with Crippen molar-refractivity contribution in [2.24, 2.45) is 0 Å². The molecule has 1 unspecified atom stereocenters. The fourth-order valence-corrected chi connectivity index (χ4v) is 14.7. The summed E-state index contributed by atoms with van der Waals surface area (Å²) in [6.45, 7) is 18.3. The fraction of sp³-hybridized carbons (Fsp3) is 1.00. The highest BCUT2D eigenvalue weighted by Crippen LogP contribution is 2.25. The molecule has 0 bridgehead atoms. The van der Waals surface area contributed by atoms with E-state index in [1.807, 2.05) is 0 Å². The van der Waals surface area contributed by atoms with Crippen LogP contribution in [-0.2, 0) is 13.0 Å². The smallest absolute Gasteiger partial charge is 0.314 e. The summed E-state index contributed by atoms with van der Waals surface area (Å²) in [4.78, 5) is 0. The molecule has 0 rings (SSSR count). The van der Waals surface area contributed by atoms with Crippen molar-refractivity contribution in [3.05, 3.63) is 0 Å². The SMILES string of the molecule is CC(O)COCCC[Si](C)(O[Si](C)(C)C)O[Si](C)(C)C. The van der Waals surface area contributed by atoms with Gasteiger partial charge in [-0.05, 0) is 65.2 Å². The van der Waals surface area contributed by atoms with E-state index in [1.165, 1.54) is 0 Å². The van der Waals surface area contributed by atoms with Gasteiger partial charge in [0.05, 0.1) is 12.7 Å². The second-order valence-electron chi connectivity index (χ2n) is 7.59. The van der Waals surface area contributed by atoms with Gasteiger partial charge in [-0.3, -0.25) is 0 Å². The first-order valence-corrected chi connectivity index (χ1v) is 16.8. The van der Waals surface area contributed by atoms with Gasteiger partial charge in [0.2, 0.25) is 0 Å². The number of ether oxygens (including phenoxy) is 1. The summed E-state index contributed by atoms with van der Waals surface area (Å²) in [5, 5.41) is 9.16. The second kappa shape index (κ2) is 8.21. The molecule has 1 N–H and O–H groups in total. The molecule has 0 aromatic carbocycles. The van der Waals surface area contributed by atoms with Crippen LogP contribution >= 0.6 is 0 Å². The zero-order chi connectivity index (χ0) is 16.0. The van der Waals surface area contributed by atoms with E-state index in [9.17, 15) is 0 Å². The quantitative estimate of drug-likeness (QED) is 0.489. The van der Waals surface area contributed by atoms with Gasteiger partial charge in [-0.15, -0.1) is 0 Å². The third-order valence-electron chi connectivity index (χ3n) is 2.32. The third-order valence-corrected chi connectivity index (χ3v) is 11.9. The molecule has 0 amide bonds. The van der Waals surface area contributed by atoms with Gasteiger partial charge in [0.15, 0.2) is 16.6 Å². The van der Waals surface area contributed by atoms with Crippen molar-refractivity contribution < 1.29 is 18.1 Å². The Bertz CT molecular complexity index is 256. The van der Waals surface area contributed by atoms with Gasteiger partial charge >= 0.3 is 8.56 Å². The van der Waals surface area contributed by atoms with Crippen LogP contribution in [0.15, 0.2) is 0 Å². The predicted molar refractivity (Wildman–Crippen MR) is 92.4 cm³/mol. The first-order chi connectivity index (χ1) is 8.83. The molecule has 0 saturated carbocycles. The fourth-order valence-electron chi connectivity index (χ4n) is 2.17. The molecule has 0 aliphatic carbocycles. The number of hydrogen-bond donors (Lipinski definition) is 1. The minimum absolute atomic E-state index is 0.393. The zero-order valence-corrected chi connectivity index (χ0v) is 17.6. The lowest BCUT2D eigenvalue weighted by Gasteiger charge is -2.38. The molecule has 0 fully saturated rings. The molecule has 0 aliphatic rings. The van der Waals surface area contributed by atoms with Crippen molar-refractivity contribution >= 4 is 25.2 Å². The van der Waals surface area contributed by atoms with Gasteiger partial charge in [-0.1, -0.05) is 0 Å². The maximum Gasteiger partial charge on any atom is 0.314 e. The first-order valence-electron chi connectivity index (χ1n) is 7.49. The Morgan fingerprint density at radius 2 is 1.35 bits per heavy atom. The molecule has 122 valence electrons. The van der Waals surface area contributed by atoms with Crippen LogP contribution in [0, 0.1) is 0 Å². The number of aliphatic hydroxyl groups excluding tert-OH is 1. The van der Waals surface area contributed by atoms with E-state index < -0.39 is 31.3 Å². The number of aliphatic hydroxyl groups is 1. The summed E-state index contributed by atoms with van der Waals surface area (Å²) in [7, 11) is -5.32. The van der Waals surface area contributed by atoms with Gasteiger partial charge in [-0.2, -0.15) is 0 Å². The second-order valence-corrected chi connectivity index (χ2v) is 20.4. The van der Waals surface area contributed by atoms with Crippen molar-refractivity contribution in [1.82, 2.24) is 0 Å². The van der Waals surface area contributed by atoms with Crippen LogP contribution in [0.4, 0.5) is 0 Å². The summed E-state index contributed by atoms with van der Waals surface area (Å²) in [5.74, 6) is 0. The third kappa shape index (κ3) is 12.2. The Balaban J connectivity index is 4.39. The Labute approximate surface area is 128 Å². The van der Waals surface area contributed by atoms with E-state index in [0.29, 0.717) is 13.2 Å². The molecule has 0 aliphatic heterocycles. The molecule has 0 aromatic heterocycles. The normalized spacial score (nSPS) is 15.4. The van der Waals surface area contributed by atoms with Gasteiger partial charge in [0.25, 0.3) is 0 Å². The van der Waals surface area contributed by atoms with Crippen LogP contribution in [-0.4, -0.2) is 49.6 Å². The monoisotopic (exact) mass is 338 g/mol. The zero-order valence-electron chi connectivity index (χ0n) is 14.6. The Morgan fingerprint density at radius 3 is 1.70 bits per heavy atom. The van der Waals surface area contributed by atoms with Crippen LogP contribution in [0.25, 0.3) is 0 Å². The Kier molecular flexibility index (Phi) is 8.41. The van der Waals surface area contributed by atoms with E-state index in [1.54, 1.807) is 6.92 Å². The lowest BCUT2D eigenvalue weighted by molar-refractivity contribution is 0.0461. The van der Waals surface area contributed by atoms with Crippen LogP contribution in [0.2, 0.25) is 51.9 Å². The average Bonchev–Trinajstić information content (AvgIpc) is 2.09. The Morgan fingerprint density at radius 1 is 0.900 bits per heavy atom. The average molecular weight is 339 g/mol. The van der Waals surface area contributed by atoms with Gasteiger partial charge in [0, 0.05) is 6.61 Å². The number of rotatable bonds is 10. The molecule has 0 heterocycles. The highest BCUT2D eigenvalue weighted by molar-refractivity contribution is 6.87. The highest BCUT2D eigenvalue weighted by atomic mass is 28.5. The predicted octanol–water partition coefficient (Wildman–Crippen LogP) is 3.55. The van der Waals surface area contributed by atoms with Gasteiger partial charge in [-0.25, -0.2) is 0 Å². The Hall–Kier alpha value is 0.491. The highest BCUT2D eigenvalue weighted by Gasteiger charge is 2.39. The van der Waals surface area contributed by atoms with Crippen LogP contribution in [0.3, 0.4) is 0 Å². The minimum atomic E-state index is -2.12. The lowest BCUT2D eigenvalue weighted by Crippen LogP contribution is -2.52. The van der Waals surface area contributed by atoms with E-state index in [2.05, 4.69) is 45.8 Å². The molecule has 7 heteroatoms.